The summed E-state index contributed by atoms with van der Waals surface area (Å²) in [6.45, 7) is 4.03. The second-order valence-electron chi connectivity index (χ2n) is 12.0. The molecule has 1 aliphatic carbocycles. The van der Waals surface area contributed by atoms with Crippen molar-refractivity contribution in [1.29, 1.82) is 0 Å². The van der Waals surface area contributed by atoms with Crippen LogP contribution in [0.15, 0.2) is 53.8 Å². The number of nitrogens with one attached hydrogen (secondary N) is 1. The third-order valence-electron chi connectivity index (χ3n) is 9.07. The monoisotopic (exact) mass is 553 g/mol. The normalized spacial score (nSPS) is 20.5. The zero-order valence-corrected chi connectivity index (χ0v) is 23.7. The molecule has 1 atom stereocenters. The summed E-state index contributed by atoms with van der Waals surface area (Å²) < 4.78 is 3.99. The van der Waals surface area contributed by atoms with Gasteiger partial charge in [0.25, 0.3) is 5.56 Å². The Kier molecular flexibility index (Phi) is 6.96. The van der Waals surface area contributed by atoms with Gasteiger partial charge in [-0.3, -0.25) is 14.5 Å². The van der Waals surface area contributed by atoms with Crippen molar-refractivity contribution in [2.45, 2.75) is 63.1 Å². The van der Waals surface area contributed by atoms with E-state index in [4.69, 9.17) is 10.7 Å². The van der Waals surface area contributed by atoms with E-state index in [0.717, 1.165) is 67.6 Å². The molecule has 5 heterocycles. The van der Waals surface area contributed by atoms with Crippen molar-refractivity contribution in [2.24, 2.45) is 5.73 Å². The molecule has 3 aliphatic rings. The van der Waals surface area contributed by atoms with E-state index < -0.39 is 0 Å². The highest BCUT2D eigenvalue weighted by Crippen LogP contribution is 2.40. The van der Waals surface area contributed by atoms with Crippen LogP contribution in [0.4, 0.5) is 17.3 Å². The third kappa shape index (κ3) is 5.34. The van der Waals surface area contributed by atoms with Crippen molar-refractivity contribution in [1.82, 2.24) is 29.2 Å². The Bertz CT molecular complexity index is 1600. The lowest BCUT2D eigenvalue weighted by molar-refractivity contribution is 0.212. The van der Waals surface area contributed by atoms with E-state index in [-0.39, 0.29) is 18.1 Å². The molecule has 3 N–H and O–H groups in total. The van der Waals surface area contributed by atoms with Gasteiger partial charge in [0.15, 0.2) is 5.82 Å². The summed E-state index contributed by atoms with van der Waals surface area (Å²) in [5, 5.41) is 9.91. The maximum atomic E-state index is 13.5. The van der Waals surface area contributed by atoms with Gasteiger partial charge in [0.2, 0.25) is 0 Å². The van der Waals surface area contributed by atoms with E-state index in [9.17, 15) is 4.79 Å². The van der Waals surface area contributed by atoms with Gasteiger partial charge in [0, 0.05) is 37.4 Å². The van der Waals surface area contributed by atoms with E-state index in [1.54, 1.807) is 6.20 Å². The highest BCUT2D eigenvalue weighted by atomic mass is 16.1. The smallest absolute Gasteiger partial charge is 0.258 e. The quantitative estimate of drug-likeness (QED) is 0.351. The Morgan fingerprint density at radius 2 is 1.88 bits per heavy atom. The lowest BCUT2D eigenvalue weighted by Crippen LogP contribution is -2.40. The molecule has 2 saturated heterocycles. The van der Waals surface area contributed by atoms with Crippen LogP contribution in [0.2, 0.25) is 0 Å². The van der Waals surface area contributed by atoms with Crippen LogP contribution in [0.1, 0.15) is 67.8 Å². The fourth-order valence-electron chi connectivity index (χ4n) is 6.43. The number of fused-ring (bicyclic) bond motifs is 1. The first-order chi connectivity index (χ1) is 20.1. The summed E-state index contributed by atoms with van der Waals surface area (Å²) in [7, 11) is 2.17. The van der Waals surface area contributed by atoms with E-state index in [2.05, 4.69) is 61.3 Å². The summed E-state index contributed by atoms with van der Waals surface area (Å²) in [4.78, 5) is 27.8. The summed E-state index contributed by atoms with van der Waals surface area (Å²) >= 11 is 0. The van der Waals surface area contributed by atoms with E-state index in [0.29, 0.717) is 30.0 Å². The number of hydrogen-bond donors (Lipinski definition) is 2. The number of nitrogens with two attached hydrogens (primary N) is 1. The van der Waals surface area contributed by atoms with Gasteiger partial charge >= 0.3 is 0 Å². The molecule has 1 aromatic carbocycles. The predicted molar refractivity (Wildman–Crippen MR) is 162 cm³/mol. The number of piperidine rings is 2. The van der Waals surface area contributed by atoms with Gasteiger partial charge in [0.1, 0.15) is 5.82 Å². The number of nitrogens with zero attached hydrogens (tertiary/aromatic N) is 7. The van der Waals surface area contributed by atoms with Crippen molar-refractivity contribution < 1.29 is 0 Å². The van der Waals surface area contributed by atoms with Crippen LogP contribution in [0, 0.1) is 0 Å². The Morgan fingerprint density at radius 3 is 2.68 bits per heavy atom. The maximum absolute atomic E-state index is 13.5. The van der Waals surface area contributed by atoms with E-state index >= 15 is 0 Å². The molecular weight excluding hydrogens is 514 g/mol. The van der Waals surface area contributed by atoms with Crippen LogP contribution in [0.3, 0.4) is 0 Å². The number of hydrogen-bond acceptors (Lipinski definition) is 8. The van der Waals surface area contributed by atoms with Crippen molar-refractivity contribution >= 4 is 28.1 Å². The average molecular weight is 554 g/mol. The van der Waals surface area contributed by atoms with Crippen molar-refractivity contribution in [3.63, 3.8) is 0 Å². The molecule has 7 rings (SSSR count). The molecule has 0 bridgehead atoms. The van der Waals surface area contributed by atoms with Gasteiger partial charge in [0.05, 0.1) is 35.9 Å². The SMILES string of the molecule is CN1CCC(n2cc(Nc3nc(N4CCC[C@@H](n5ccc6cc(C7CC7)ccc6c5=O)C4)cnc3CN)cn2)CC1. The molecule has 41 heavy (non-hydrogen) atoms. The van der Waals surface area contributed by atoms with Crippen molar-refractivity contribution in [3.05, 3.63) is 70.7 Å². The fourth-order valence-corrected chi connectivity index (χ4v) is 6.43. The largest absolute Gasteiger partial charge is 0.353 e. The summed E-state index contributed by atoms with van der Waals surface area (Å²) in [5.74, 6) is 2.12. The minimum atomic E-state index is 0.0731. The summed E-state index contributed by atoms with van der Waals surface area (Å²) in [5.41, 5.74) is 9.08. The third-order valence-corrected chi connectivity index (χ3v) is 9.07. The first kappa shape index (κ1) is 26.2. The van der Waals surface area contributed by atoms with Gasteiger partial charge in [-0.1, -0.05) is 12.1 Å². The zero-order chi connectivity index (χ0) is 27.9. The van der Waals surface area contributed by atoms with Crippen LogP contribution in [0.25, 0.3) is 10.8 Å². The summed E-state index contributed by atoms with van der Waals surface area (Å²) in [6.07, 6.45) is 14.3. The first-order valence-corrected chi connectivity index (χ1v) is 15.0. The van der Waals surface area contributed by atoms with Gasteiger partial charge in [-0.15, -0.1) is 0 Å². The van der Waals surface area contributed by atoms with Gasteiger partial charge in [-0.25, -0.2) is 4.98 Å². The van der Waals surface area contributed by atoms with Crippen LogP contribution < -0.4 is 21.5 Å². The Hall–Kier alpha value is -3.76. The van der Waals surface area contributed by atoms with Gasteiger partial charge in [-0.2, -0.15) is 5.10 Å². The van der Waals surface area contributed by atoms with Crippen LogP contribution in [-0.2, 0) is 6.54 Å². The molecular formula is C31H39N9O. The second-order valence-corrected chi connectivity index (χ2v) is 12.0. The molecule has 2 aliphatic heterocycles. The number of anilines is 3. The topological polar surface area (TPSA) is 110 Å². The van der Waals surface area contributed by atoms with E-state index in [1.165, 1.54) is 18.4 Å². The van der Waals surface area contributed by atoms with Crippen LogP contribution in [0.5, 0.6) is 0 Å². The maximum Gasteiger partial charge on any atom is 0.258 e. The molecule has 0 radical (unpaired) electrons. The lowest BCUT2D eigenvalue weighted by Gasteiger charge is -2.34. The molecule has 10 nitrogen and oxygen atoms in total. The molecule has 3 aromatic heterocycles. The zero-order valence-electron chi connectivity index (χ0n) is 23.7. The number of benzene rings is 1. The van der Waals surface area contributed by atoms with E-state index in [1.807, 2.05) is 23.0 Å². The van der Waals surface area contributed by atoms with Crippen molar-refractivity contribution in [2.75, 3.05) is 43.4 Å². The highest BCUT2D eigenvalue weighted by Gasteiger charge is 2.26. The number of aromatic nitrogens is 5. The molecule has 10 heteroatoms. The number of pyridine rings is 1. The highest BCUT2D eigenvalue weighted by molar-refractivity contribution is 5.82. The Morgan fingerprint density at radius 1 is 1.02 bits per heavy atom. The average Bonchev–Trinajstić information content (AvgIpc) is 3.76. The molecule has 3 fully saturated rings. The molecule has 214 valence electrons. The minimum Gasteiger partial charge on any atom is -0.353 e. The molecule has 0 spiro atoms. The first-order valence-electron chi connectivity index (χ1n) is 15.0. The lowest BCUT2D eigenvalue weighted by atomic mass is 10.0. The van der Waals surface area contributed by atoms with Crippen molar-refractivity contribution in [3.8, 4) is 0 Å². The standard InChI is InChI=1S/C31H39N9O/c1-37-12-9-25(10-13-37)40-19-24(17-34-40)35-30-28(16-32)33-18-29(36-30)38-11-2-3-26(20-38)39-14-8-23-15-22(21-4-5-21)6-7-27(23)31(39)41/h6-8,14-15,17-19,21,25-26H,2-5,9-13,16,20,32H2,1H3,(H,35,36)/t26-/m1/s1. The summed E-state index contributed by atoms with van der Waals surface area (Å²) in [6, 6.07) is 8.95. The van der Waals surface area contributed by atoms with Crippen LogP contribution >= 0.6 is 0 Å². The number of likely N-dealkylation sites (tertiary alicyclic amines) is 1. The second kappa shape index (κ2) is 10.9. The Balaban J connectivity index is 1.09. The Labute approximate surface area is 240 Å². The predicted octanol–water partition coefficient (Wildman–Crippen LogP) is 4.18. The molecule has 0 amide bonds. The molecule has 0 unspecified atom stereocenters. The van der Waals surface area contributed by atoms with Gasteiger partial charge in [-0.05, 0) is 87.7 Å². The molecule has 1 saturated carbocycles. The molecule has 4 aromatic rings. The van der Waals surface area contributed by atoms with Crippen LogP contribution in [-0.4, -0.2) is 62.4 Å². The number of rotatable bonds is 7. The fraction of sp³-hybridized carbons (Fsp3) is 0.484. The van der Waals surface area contributed by atoms with Gasteiger partial charge < -0.3 is 25.4 Å². The minimum absolute atomic E-state index is 0.0731.